The summed E-state index contributed by atoms with van der Waals surface area (Å²) >= 11 is 0. The van der Waals surface area contributed by atoms with Gasteiger partial charge in [0.15, 0.2) is 5.90 Å². The van der Waals surface area contributed by atoms with Gasteiger partial charge in [-0.05, 0) is 13.8 Å². The molecule has 0 bridgehead atoms. The lowest BCUT2D eigenvalue weighted by atomic mass is 10.0. The van der Waals surface area contributed by atoms with Crippen LogP contribution in [-0.2, 0) is 14.3 Å². The highest BCUT2D eigenvalue weighted by molar-refractivity contribution is 5.85. The largest absolute Gasteiger partial charge is 0.466 e. The SMILES string of the molecule is COC(=O)/C=C1/OC(C)=NC1(C)C. The zero-order chi connectivity index (χ0) is 10.1. The number of carbonyl (C=O) groups is 1. The minimum atomic E-state index is -0.460. The lowest BCUT2D eigenvalue weighted by Gasteiger charge is -2.13. The van der Waals surface area contributed by atoms with Crippen molar-refractivity contribution in [1.29, 1.82) is 0 Å². The molecule has 0 fully saturated rings. The molecule has 4 heteroatoms. The van der Waals surface area contributed by atoms with Gasteiger partial charge in [-0.1, -0.05) is 0 Å². The van der Waals surface area contributed by atoms with Gasteiger partial charge in [0.05, 0.1) is 13.2 Å². The van der Waals surface area contributed by atoms with Crippen LogP contribution in [0.1, 0.15) is 20.8 Å². The fraction of sp³-hybridized carbons (Fsp3) is 0.556. The molecule has 1 aliphatic heterocycles. The van der Waals surface area contributed by atoms with Crippen molar-refractivity contribution in [1.82, 2.24) is 0 Å². The number of hydrogen-bond donors (Lipinski definition) is 0. The number of ether oxygens (including phenoxy) is 2. The Kier molecular flexibility index (Phi) is 2.40. The number of carbonyl (C=O) groups excluding carboxylic acids is 1. The van der Waals surface area contributed by atoms with Crippen LogP contribution in [0.15, 0.2) is 16.8 Å². The molecule has 1 rings (SSSR count). The predicted octanol–water partition coefficient (Wildman–Crippen LogP) is 1.27. The highest BCUT2D eigenvalue weighted by Crippen LogP contribution is 2.28. The first kappa shape index (κ1) is 9.77. The quantitative estimate of drug-likeness (QED) is 0.454. The van der Waals surface area contributed by atoms with E-state index in [9.17, 15) is 4.79 Å². The van der Waals surface area contributed by atoms with Crippen LogP contribution in [0.3, 0.4) is 0 Å². The Labute approximate surface area is 77.2 Å². The van der Waals surface area contributed by atoms with E-state index in [1.165, 1.54) is 13.2 Å². The first-order chi connectivity index (χ1) is 5.95. The van der Waals surface area contributed by atoms with Gasteiger partial charge >= 0.3 is 5.97 Å². The number of nitrogens with zero attached hydrogens (tertiary/aromatic N) is 1. The zero-order valence-corrected chi connectivity index (χ0v) is 8.25. The first-order valence-electron chi connectivity index (χ1n) is 4.00. The van der Waals surface area contributed by atoms with Crippen molar-refractivity contribution in [3.05, 3.63) is 11.8 Å². The van der Waals surface area contributed by atoms with Crippen molar-refractivity contribution in [2.45, 2.75) is 26.3 Å². The third-order valence-electron chi connectivity index (χ3n) is 1.75. The fourth-order valence-corrected chi connectivity index (χ4v) is 1.13. The number of rotatable bonds is 1. The minimum Gasteiger partial charge on any atom is -0.466 e. The molecule has 0 atom stereocenters. The van der Waals surface area contributed by atoms with Gasteiger partial charge in [0, 0.05) is 6.92 Å². The maximum Gasteiger partial charge on any atom is 0.333 e. The molecule has 0 aliphatic carbocycles. The third kappa shape index (κ3) is 2.08. The van der Waals surface area contributed by atoms with Crippen molar-refractivity contribution < 1.29 is 14.3 Å². The van der Waals surface area contributed by atoms with Gasteiger partial charge in [-0.2, -0.15) is 0 Å². The molecular weight excluding hydrogens is 170 g/mol. The van der Waals surface area contributed by atoms with E-state index in [1.54, 1.807) is 6.92 Å². The highest BCUT2D eigenvalue weighted by Gasteiger charge is 2.31. The predicted molar refractivity (Wildman–Crippen MR) is 48.4 cm³/mol. The van der Waals surface area contributed by atoms with E-state index in [1.807, 2.05) is 13.8 Å². The van der Waals surface area contributed by atoms with Gasteiger partial charge in [0.1, 0.15) is 11.3 Å². The van der Waals surface area contributed by atoms with Crippen molar-refractivity contribution in [2.75, 3.05) is 7.11 Å². The van der Waals surface area contributed by atoms with Crippen molar-refractivity contribution >= 4 is 11.9 Å². The molecule has 4 nitrogen and oxygen atoms in total. The molecule has 0 spiro atoms. The fourth-order valence-electron chi connectivity index (χ4n) is 1.13. The standard InChI is InChI=1S/C9H13NO3/c1-6-10-9(2,3)7(13-6)5-8(11)12-4/h5H,1-4H3/b7-5+. The van der Waals surface area contributed by atoms with E-state index in [0.717, 1.165) is 0 Å². The van der Waals surface area contributed by atoms with E-state index >= 15 is 0 Å². The normalized spacial score (nSPS) is 22.5. The lowest BCUT2D eigenvalue weighted by Crippen LogP contribution is -2.17. The average molecular weight is 183 g/mol. The molecule has 72 valence electrons. The van der Waals surface area contributed by atoms with Gasteiger partial charge in [0.25, 0.3) is 0 Å². The number of aliphatic imine (C=N–C) groups is 1. The summed E-state index contributed by atoms with van der Waals surface area (Å²) in [6.45, 7) is 5.50. The summed E-state index contributed by atoms with van der Waals surface area (Å²) in [5, 5.41) is 0. The topological polar surface area (TPSA) is 47.9 Å². The Hall–Kier alpha value is -1.32. The Bertz CT molecular complexity index is 289. The van der Waals surface area contributed by atoms with E-state index in [-0.39, 0.29) is 0 Å². The number of esters is 1. The first-order valence-corrected chi connectivity index (χ1v) is 4.00. The van der Waals surface area contributed by atoms with Crippen LogP contribution < -0.4 is 0 Å². The van der Waals surface area contributed by atoms with Crippen molar-refractivity contribution in [3.63, 3.8) is 0 Å². The second-order valence-electron chi connectivity index (χ2n) is 3.32. The van der Waals surface area contributed by atoms with Crippen LogP contribution in [0.4, 0.5) is 0 Å². The molecule has 1 aliphatic rings. The second-order valence-corrected chi connectivity index (χ2v) is 3.32. The molecule has 0 amide bonds. The van der Waals surface area contributed by atoms with Gasteiger partial charge in [0.2, 0.25) is 0 Å². The van der Waals surface area contributed by atoms with Gasteiger partial charge in [-0.3, -0.25) is 0 Å². The van der Waals surface area contributed by atoms with Crippen LogP contribution in [0.25, 0.3) is 0 Å². The zero-order valence-electron chi connectivity index (χ0n) is 8.25. The van der Waals surface area contributed by atoms with E-state index < -0.39 is 11.5 Å². The summed E-state index contributed by atoms with van der Waals surface area (Å²) in [5.74, 6) is 0.671. The Morgan fingerprint density at radius 1 is 1.62 bits per heavy atom. The molecule has 0 aromatic carbocycles. The smallest absolute Gasteiger partial charge is 0.333 e. The molecular formula is C9H13NO3. The maximum absolute atomic E-state index is 10.9. The number of methoxy groups -OCH3 is 1. The molecule has 0 saturated heterocycles. The van der Waals surface area contributed by atoms with Crippen LogP contribution in [0, 0.1) is 0 Å². The molecule has 0 aromatic heterocycles. The minimum absolute atomic E-state index is 0.423. The van der Waals surface area contributed by atoms with Crippen LogP contribution in [-0.4, -0.2) is 24.5 Å². The van der Waals surface area contributed by atoms with Crippen LogP contribution >= 0.6 is 0 Å². The Morgan fingerprint density at radius 3 is 2.62 bits per heavy atom. The highest BCUT2D eigenvalue weighted by atomic mass is 16.5. The van der Waals surface area contributed by atoms with E-state index in [4.69, 9.17) is 4.74 Å². The van der Waals surface area contributed by atoms with Gasteiger partial charge in [-0.25, -0.2) is 9.79 Å². The van der Waals surface area contributed by atoms with Crippen molar-refractivity contribution in [3.8, 4) is 0 Å². The third-order valence-corrected chi connectivity index (χ3v) is 1.75. The van der Waals surface area contributed by atoms with Crippen LogP contribution in [0.2, 0.25) is 0 Å². The summed E-state index contributed by atoms with van der Waals surface area (Å²) in [4.78, 5) is 15.1. The lowest BCUT2D eigenvalue weighted by molar-refractivity contribution is -0.135. The molecule has 0 saturated carbocycles. The summed E-state index contributed by atoms with van der Waals surface area (Å²) in [5.41, 5.74) is -0.460. The van der Waals surface area contributed by atoms with Gasteiger partial charge in [-0.15, -0.1) is 0 Å². The Balaban J connectivity index is 2.86. The number of hydrogen-bond acceptors (Lipinski definition) is 4. The summed E-state index contributed by atoms with van der Waals surface area (Å²) < 4.78 is 9.75. The molecule has 0 aromatic rings. The van der Waals surface area contributed by atoms with Crippen LogP contribution in [0.5, 0.6) is 0 Å². The molecule has 0 unspecified atom stereocenters. The summed E-state index contributed by atoms with van der Waals surface area (Å²) in [6.07, 6.45) is 1.32. The van der Waals surface area contributed by atoms with E-state index in [2.05, 4.69) is 9.73 Å². The average Bonchev–Trinajstić information content (AvgIpc) is 2.24. The monoisotopic (exact) mass is 183 g/mol. The summed E-state index contributed by atoms with van der Waals surface area (Å²) in [7, 11) is 1.33. The summed E-state index contributed by atoms with van der Waals surface area (Å²) in [6, 6.07) is 0. The van der Waals surface area contributed by atoms with E-state index in [0.29, 0.717) is 11.7 Å². The Morgan fingerprint density at radius 2 is 2.23 bits per heavy atom. The second kappa shape index (κ2) is 3.20. The molecule has 1 heterocycles. The molecule has 0 radical (unpaired) electrons. The molecule has 13 heavy (non-hydrogen) atoms. The van der Waals surface area contributed by atoms with Crippen molar-refractivity contribution in [2.24, 2.45) is 4.99 Å². The molecule has 0 N–H and O–H groups in total. The van der Waals surface area contributed by atoms with Gasteiger partial charge < -0.3 is 9.47 Å². The maximum atomic E-state index is 10.9.